The van der Waals surface area contributed by atoms with E-state index in [1.165, 1.54) is 5.56 Å². The fraction of sp³-hybridized carbons (Fsp3) is 0.316. The van der Waals surface area contributed by atoms with Gasteiger partial charge in [-0.2, -0.15) is 0 Å². The Morgan fingerprint density at radius 2 is 1.52 bits per heavy atom. The molecule has 2 rings (SSSR count). The number of hydrogen-bond acceptors (Lipinski definition) is 3. The van der Waals surface area contributed by atoms with Crippen LogP contribution in [0.4, 0.5) is 0 Å². The molecule has 23 heavy (non-hydrogen) atoms. The van der Waals surface area contributed by atoms with Gasteiger partial charge in [0.25, 0.3) is 0 Å². The maximum atomic E-state index is 12.2. The quantitative estimate of drug-likeness (QED) is 0.826. The van der Waals surface area contributed by atoms with E-state index in [9.17, 15) is 4.79 Å². The first kappa shape index (κ1) is 17.2. The van der Waals surface area contributed by atoms with E-state index >= 15 is 0 Å². The summed E-state index contributed by atoms with van der Waals surface area (Å²) in [7, 11) is 4.03. The number of likely N-dealkylation sites (N-methyl/N-ethyl adjacent to an activating group) is 1. The van der Waals surface area contributed by atoms with Gasteiger partial charge in [0.05, 0.1) is 6.04 Å². The number of carbonyl (C=O) groups excluding carboxylic acids is 1. The predicted molar refractivity (Wildman–Crippen MR) is 93.9 cm³/mol. The van der Waals surface area contributed by atoms with Gasteiger partial charge in [-0.05, 0) is 25.2 Å². The van der Waals surface area contributed by atoms with Crippen molar-refractivity contribution in [3.63, 3.8) is 0 Å². The second kappa shape index (κ2) is 8.46. The minimum atomic E-state index is -0.272. The summed E-state index contributed by atoms with van der Waals surface area (Å²) < 4.78 is 0. The van der Waals surface area contributed by atoms with Gasteiger partial charge < -0.3 is 16.0 Å². The molecular weight excluding hydrogens is 286 g/mol. The van der Waals surface area contributed by atoms with Crippen molar-refractivity contribution in [2.24, 2.45) is 5.73 Å². The number of carbonyl (C=O) groups is 1. The first-order chi connectivity index (χ1) is 11.1. The molecule has 0 radical (unpaired) electrons. The summed E-state index contributed by atoms with van der Waals surface area (Å²) >= 11 is 0. The van der Waals surface area contributed by atoms with E-state index in [2.05, 4.69) is 22.3 Å². The average molecular weight is 311 g/mol. The van der Waals surface area contributed by atoms with Crippen LogP contribution in [0.2, 0.25) is 0 Å². The number of rotatable bonds is 7. The first-order valence-electron chi connectivity index (χ1n) is 7.86. The maximum absolute atomic E-state index is 12.2. The van der Waals surface area contributed by atoms with E-state index in [-0.39, 0.29) is 18.0 Å². The molecular formula is C19H25N3O. The van der Waals surface area contributed by atoms with Gasteiger partial charge in [0.2, 0.25) is 5.91 Å². The van der Waals surface area contributed by atoms with Crippen LogP contribution >= 0.6 is 0 Å². The van der Waals surface area contributed by atoms with Crippen molar-refractivity contribution >= 4 is 5.91 Å². The van der Waals surface area contributed by atoms with E-state index in [1.807, 2.05) is 62.6 Å². The zero-order valence-electron chi connectivity index (χ0n) is 13.8. The molecule has 4 heteroatoms. The van der Waals surface area contributed by atoms with Crippen LogP contribution in [0.25, 0.3) is 0 Å². The molecule has 0 fully saturated rings. The van der Waals surface area contributed by atoms with Crippen LogP contribution in [0.15, 0.2) is 60.7 Å². The Balaban J connectivity index is 1.89. The third kappa shape index (κ3) is 5.20. The SMILES string of the molecule is CN(C)C(CNC(=O)CC(N)c1ccccc1)c1ccccc1. The summed E-state index contributed by atoms with van der Waals surface area (Å²) in [5.74, 6) is -0.0239. The molecule has 2 unspecified atom stereocenters. The summed E-state index contributed by atoms with van der Waals surface area (Å²) in [5, 5.41) is 3.00. The Morgan fingerprint density at radius 3 is 2.04 bits per heavy atom. The van der Waals surface area contributed by atoms with Crippen LogP contribution in [-0.4, -0.2) is 31.4 Å². The fourth-order valence-electron chi connectivity index (χ4n) is 2.57. The van der Waals surface area contributed by atoms with Crippen molar-refractivity contribution in [2.75, 3.05) is 20.6 Å². The molecule has 4 nitrogen and oxygen atoms in total. The van der Waals surface area contributed by atoms with Gasteiger partial charge >= 0.3 is 0 Å². The zero-order valence-corrected chi connectivity index (χ0v) is 13.8. The molecule has 0 bridgehead atoms. The average Bonchev–Trinajstić information content (AvgIpc) is 2.56. The molecule has 0 aliphatic rings. The van der Waals surface area contributed by atoms with Gasteiger partial charge in [-0.25, -0.2) is 0 Å². The molecule has 2 atom stereocenters. The van der Waals surface area contributed by atoms with E-state index in [0.29, 0.717) is 13.0 Å². The fourth-order valence-corrected chi connectivity index (χ4v) is 2.57. The lowest BCUT2D eigenvalue weighted by atomic mass is 10.0. The molecule has 2 aromatic rings. The Hall–Kier alpha value is -2.17. The Bertz CT molecular complexity index is 599. The summed E-state index contributed by atoms with van der Waals surface area (Å²) in [4.78, 5) is 14.3. The van der Waals surface area contributed by atoms with Crippen molar-refractivity contribution in [2.45, 2.75) is 18.5 Å². The highest BCUT2D eigenvalue weighted by molar-refractivity contribution is 5.76. The molecule has 3 N–H and O–H groups in total. The van der Waals surface area contributed by atoms with Gasteiger partial charge in [0.1, 0.15) is 0 Å². The van der Waals surface area contributed by atoms with Crippen LogP contribution in [-0.2, 0) is 4.79 Å². The molecule has 0 spiro atoms. The maximum Gasteiger partial charge on any atom is 0.221 e. The van der Waals surface area contributed by atoms with Crippen molar-refractivity contribution in [3.05, 3.63) is 71.8 Å². The molecule has 0 aliphatic heterocycles. The predicted octanol–water partition coefficient (Wildman–Crippen LogP) is 2.50. The Labute approximate surface area is 138 Å². The highest BCUT2D eigenvalue weighted by atomic mass is 16.1. The lowest BCUT2D eigenvalue weighted by Crippen LogP contribution is -2.35. The molecule has 122 valence electrons. The lowest BCUT2D eigenvalue weighted by molar-refractivity contribution is -0.121. The second-order valence-electron chi connectivity index (χ2n) is 5.92. The summed E-state index contributed by atoms with van der Waals surface area (Å²) in [6.07, 6.45) is 0.291. The molecule has 0 saturated heterocycles. The number of amides is 1. The zero-order chi connectivity index (χ0) is 16.7. The monoisotopic (exact) mass is 311 g/mol. The van der Waals surface area contributed by atoms with Crippen LogP contribution in [0, 0.1) is 0 Å². The van der Waals surface area contributed by atoms with Gasteiger partial charge in [0, 0.05) is 19.0 Å². The molecule has 0 aromatic heterocycles. The summed E-state index contributed by atoms with van der Waals surface area (Å²) in [6, 6.07) is 19.8. The minimum absolute atomic E-state index is 0.0239. The number of nitrogens with zero attached hydrogens (tertiary/aromatic N) is 1. The minimum Gasteiger partial charge on any atom is -0.354 e. The third-order valence-electron chi connectivity index (χ3n) is 3.93. The smallest absolute Gasteiger partial charge is 0.221 e. The normalized spacial score (nSPS) is 13.6. The van der Waals surface area contributed by atoms with Crippen LogP contribution < -0.4 is 11.1 Å². The van der Waals surface area contributed by atoms with Gasteiger partial charge in [-0.1, -0.05) is 60.7 Å². The largest absolute Gasteiger partial charge is 0.354 e. The first-order valence-corrected chi connectivity index (χ1v) is 7.86. The van der Waals surface area contributed by atoms with Gasteiger partial charge in [-0.3, -0.25) is 4.79 Å². The van der Waals surface area contributed by atoms with E-state index in [0.717, 1.165) is 5.56 Å². The van der Waals surface area contributed by atoms with Crippen molar-refractivity contribution in [1.29, 1.82) is 0 Å². The highest BCUT2D eigenvalue weighted by Gasteiger charge is 2.16. The number of nitrogens with one attached hydrogen (secondary N) is 1. The van der Waals surface area contributed by atoms with E-state index in [4.69, 9.17) is 5.73 Å². The van der Waals surface area contributed by atoms with Gasteiger partial charge in [-0.15, -0.1) is 0 Å². The molecule has 0 aliphatic carbocycles. The third-order valence-corrected chi connectivity index (χ3v) is 3.93. The summed E-state index contributed by atoms with van der Waals surface area (Å²) in [5.41, 5.74) is 8.27. The van der Waals surface area contributed by atoms with E-state index in [1.54, 1.807) is 0 Å². The van der Waals surface area contributed by atoms with E-state index < -0.39 is 0 Å². The number of nitrogens with two attached hydrogens (primary N) is 1. The van der Waals surface area contributed by atoms with Crippen LogP contribution in [0.1, 0.15) is 29.6 Å². The van der Waals surface area contributed by atoms with Crippen LogP contribution in [0.5, 0.6) is 0 Å². The topological polar surface area (TPSA) is 58.4 Å². The van der Waals surface area contributed by atoms with Crippen molar-refractivity contribution < 1.29 is 4.79 Å². The highest BCUT2D eigenvalue weighted by Crippen LogP contribution is 2.17. The summed E-state index contributed by atoms with van der Waals surface area (Å²) in [6.45, 7) is 0.567. The van der Waals surface area contributed by atoms with Crippen molar-refractivity contribution in [3.8, 4) is 0 Å². The van der Waals surface area contributed by atoms with Crippen molar-refractivity contribution in [1.82, 2.24) is 10.2 Å². The number of benzene rings is 2. The van der Waals surface area contributed by atoms with Crippen LogP contribution in [0.3, 0.4) is 0 Å². The Kier molecular flexibility index (Phi) is 6.32. The number of hydrogen-bond donors (Lipinski definition) is 2. The second-order valence-corrected chi connectivity index (χ2v) is 5.92. The molecule has 1 amide bonds. The lowest BCUT2D eigenvalue weighted by Gasteiger charge is -2.25. The standard InChI is InChI=1S/C19H25N3O/c1-22(2)18(16-11-7-4-8-12-16)14-21-19(23)13-17(20)15-9-5-3-6-10-15/h3-12,17-18H,13-14,20H2,1-2H3,(H,21,23). The Morgan fingerprint density at radius 1 is 1.00 bits per heavy atom. The van der Waals surface area contributed by atoms with Gasteiger partial charge in [0.15, 0.2) is 0 Å². The molecule has 0 heterocycles. The molecule has 0 saturated carbocycles. The molecule has 2 aromatic carbocycles.